The first-order valence-electron chi connectivity index (χ1n) is 9.77. The fourth-order valence-electron chi connectivity index (χ4n) is 4.31. The Morgan fingerprint density at radius 1 is 1.19 bits per heavy atom. The van der Waals surface area contributed by atoms with E-state index < -0.39 is 24.4 Å². The second kappa shape index (κ2) is 9.87. The van der Waals surface area contributed by atoms with Crippen LogP contribution in [-0.2, 0) is 18.4 Å². The van der Waals surface area contributed by atoms with E-state index in [0.29, 0.717) is 25.9 Å². The molecule has 0 saturated carbocycles. The van der Waals surface area contributed by atoms with Crippen LogP contribution < -0.4 is 0 Å². The molecular weight excluding hydrogens is 368 g/mol. The lowest BCUT2D eigenvalue weighted by molar-refractivity contribution is -0.196. The summed E-state index contributed by atoms with van der Waals surface area (Å²) in [4.78, 5) is 0. The van der Waals surface area contributed by atoms with E-state index in [0.717, 1.165) is 24.8 Å². The molecule has 0 aromatic rings. The molecule has 3 saturated heterocycles. The van der Waals surface area contributed by atoms with Crippen molar-refractivity contribution in [1.29, 1.82) is 0 Å². The van der Waals surface area contributed by atoms with Crippen LogP contribution >= 0.6 is 12.0 Å². The Labute approximate surface area is 166 Å². The van der Waals surface area contributed by atoms with Crippen LogP contribution in [0.3, 0.4) is 0 Å². The maximum Gasteiger partial charge on any atom is 0.124 e. The van der Waals surface area contributed by atoms with Crippen LogP contribution in [-0.4, -0.2) is 71.9 Å². The van der Waals surface area contributed by atoms with Gasteiger partial charge in [-0.05, 0) is 43.3 Å². The van der Waals surface area contributed by atoms with Crippen molar-refractivity contribution in [2.75, 3.05) is 12.9 Å². The summed E-state index contributed by atoms with van der Waals surface area (Å²) in [6.45, 7) is 8.38. The first kappa shape index (κ1) is 21.3. The summed E-state index contributed by atoms with van der Waals surface area (Å²) in [5.74, 6) is 0. The molecule has 0 amide bonds. The second-order valence-corrected chi connectivity index (χ2v) is 8.28. The maximum atomic E-state index is 10.5. The highest BCUT2D eigenvalue weighted by molar-refractivity contribution is 7.93. The average molecular weight is 401 g/mol. The summed E-state index contributed by atoms with van der Waals surface area (Å²) >= 11 is 1.22. The third kappa shape index (κ3) is 5.35. The van der Waals surface area contributed by atoms with E-state index in [9.17, 15) is 10.2 Å². The lowest BCUT2D eigenvalue weighted by Gasteiger charge is -2.41. The summed E-state index contributed by atoms with van der Waals surface area (Å²) in [5, 5.41) is 21.1. The van der Waals surface area contributed by atoms with Crippen LogP contribution in [0.25, 0.3) is 0 Å². The number of aliphatic hydroxyl groups is 2. The Morgan fingerprint density at radius 2 is 1.96 bits per heavy atom. The van der Waals surface area contributed by atoms with Crippen molar-refractivity contribution in [1.82, 2.24) is 0 Å². The molecule has 3 aliphatic rings. The molecule has 27 heavy (non-hydrogen) atoms. The van der Waals surface area contributed by atoms with Crippen molar-refractivity contribution in [3.63, 3.8) is 0 Å². The lowest BCUT2D eigenvalue weighted by Crippen LogP contribution is -2.53. The first-order chi connectivity index (χ1) is 13.0. The molecule has 2 N–H and O–H groups in total. The quantitative estimate of drug-likeness (QED) is 0.478. The fraction of sp³-hybridized carbons (Fsp3) is 0.800. The van der Waals surface area contributed by atoms with E-state index in [1.54, 1.807) is 6.08 Å². The molecule has 154 valence electrons. The van der Waals surface area contributed by atoms with Gasteiger partial charge in [0.25, 0.3) is 0 Å². The van der Waals surface area contributed by atoms with Gasteiger partial charge in [-0.3, -0.25) is 0 Å². The Hall–Kier alpha value is -0.410. The summed E-state index contributed by atoms with van der Waals surface area (Å²) in [5.41, 5.74) is 1.14. The molecule has 0 spiro atoms. The number of ether oxygens (including phenoxy) is 3. The van der Waals surface area contributed by atoms with E-state index in [1.165, 1.54) is 12.0 Å². The zero-order valence-corrected chi connectivity index (χ0v) is 16.8. The minimum absolute atomic E-state index is 0.0127. The monoisotopic (exact) mass is 400 g/mol. The second-order valence-electron chi connectivity index (χ2n) is 7.76. The molecular formula is C20H32O6S. The Kier molecular flexibility index (Phi) is 7.79. The van der Waals surface area contributed by atoms with E-state index >= 15 is 0 Å². The van der Waals surface area contributed by atoms with Gasteiger partial charge in [-0.1, -0.05) is 12.7 Å². The van der Waals surface area contributed by atoms with Gasteiger partial charge in [0.2, 0.25) is 0 Å². The fourth-order valence-corrected chi connectivity index (χ4v) is 4.78. The predicted molar refractivity (Wildman–Crippen MR) is 105 cm³/mol. The molecule has 7 heteroatoms. The molecule has 3 heterocycles. The molecule has 0 aromatic heterocycles. The van der Waals surface area contributed by atoms with Gasteiger partial charge in [0.05, 0.1) is 43.2 Å². The smallest absolute Gasteiger partial charge is 0.124 e. The zero-order chi connectivity index (χ0) is 19.4. The largest absolute Gasteiger partial charge is 0.390 e. The standard InChI is InChI=1S/C20H32O6S/c1-4-5-17-20(26-27-3)16(22)10-18(25-17)19-15(21)9-14(24-19)7-6-13-8-12(2)11-23-13/h4,13-22H,1-2,5-11H2,3H3/t13-,14+,15+,16+,17-,18+,19?,20+/m0/s1. The van der Waals surface area contributed by atoms with Crippen molar-refractivity contribution in [3.05, 3.63) is 24.8 Å². The normalized spacial score (nSPS) is 42.6. The minimum Gasteiger partial charge on any atom is -0.390 e. The summed E-state index contributed by atoms with van der Waals surface area (Å²) in [6, 6.07) is 0. The maximum absolute atomic E-state index is 10.5. The van der Waals surface area contributed by atoms with Gasteiger partial charge < -0.3 is 28.6 Å². The SMILES string of the molecule is C=CC[C@@H]1O[C@@H](C2O[C@H](CC[C@H]3CC(=C)CO3)C[C@H]2O)C[C@@H](O)[C@H]1OSC. The topological polar surface area (TPSA) is 77.4 Å². The first-order valence-corrected chi connectivity index (χ1v) is 10.9. The molecule has 0 aromatic carbocycles. The van der Waals surface area contributed by atoms with Gasteiger partial charge in [0, 0.05) is 19.1 Å². The Bertz CT molecular complexity index is 515. The van der Waals surface area contributed by atoms with Crippen molar-refractivity contribution >= 4 is 12.0 Å². The molecule has 8 atom stereocenters. The number of hydrogen-bond donors (Lipinski definition) is 2. The van der Waals surface area contributed by atoms with Gasteiger partial charge in [-0.25, -0.2) is 0 Å². The van der Waals surface area contributed by atoms with Crippen LogP contribution in [0.5, 0.6) is 0 Å². The number of rotatable bonds is 8. The van der Waals surface area contributed by atoms with Crippen LogP contribution in [0, 0.1) is 0 Å². The lowest BCUT2D eigenvalue weighted by atomic mass is 9.92. The van der Waals surface area contributed by atoms with Gasteiger partial charge in [0.1, 0.15) is 12.2 Å². The van der Waals surface area contributed by atoms with Crippen molar-refractivity contribution in [2.45, 2.75) is 87.4 Å². The highest BCUT2D eigenvalue weighted by atomic mass is 32.2. The number of hydrogen-bond acceptors (Lipinski definition) is 7. The third-order valence-electron chi connectivity index (χ3n) is 5.63. The van der Waals surface area contributed by atoms with Crippen LogP contribution in [0.1, 0.15) is 38.5 Å². The minimum atomic E-state index is -0.658. The van der Waals surface area contributed by atoms with Crippen LogP contribution in [0.4, 0.5) is 0 Å². The van der Waals surface area contributed by atoms with E-state index in [1.807, 2.05) is 6.26 Å². The average Bonchev–Trinajstić information content (AvgIpc) is 3.21. The van der Waals surface area contributed by atoms with E-state index in [2.05, 4.69) is 13.2 Å². The highest BCUT2D eigenvalue weighted by Crippen LogP contribution is 2.35. The van der Waals surface area contributed by atoms with E-state index in [4.69, 9.17) is 18.4 Å². The van der Waals surface area contributed by atoms with Crippen molar-refractivity contribution in [3.8, 4) is 0 Å². The van der Waals surface area contributed by atoms with Gasteiger partial charge in [-0.15, -0.1) is 6.58 Å². The summed E-state index contributed by atoms with van der Waals surface area (Å²) in [6.07, 6.45) is 5.27. The van der Waals surface area contributed by atoms with Crippen LogP contribution in [0.15, 0.2) is 24.8 Å². The molecule has 0 radical (unpaired) electrons. The molecule has 3 fully saturated rings. The van der Waals surface area contributed by atoms with Gasteiger partial charge in [-0.2, -0.15) is 0 Å². The highest BCUT2D eigenvalue weighted by Gasteiger charge is 2.46. The van der Waals surface area contributed by atoms with Gasteiger partial charge in [0.15, 0.2) is 0 Å². The Balaban J connectivity index is 1.54. The number of aliphatic hydroxyl groups excluding tert-OH is 2. The predicted octanol–water partition coefficient (Wildman–Crippen LogP) is 2.39. The van der Waals surface area contributed by atoms with Crippen molar-refractivity contribution < 1.29 is 28.6 Å². The molecule has 0 aliphatic carbocycles. The summed E-state index contributed by atoms with van der Waals surface area (Å²) < 4.78 is 23.6. The molecule has 3 rings (SSSR count). The van der Waals surface area contributed by atoms with Gasteiger partial charge >= 0.3 is 0 Å². The third-order valence-corrected chi connectivity index (χ3v) is 6.04. The van der Waals surface area contributed by atoms with Crippen molar-refractivity contribution in [2.24, 2.45) is 0 Å². The molecule has 6 nitrogen and oxygen atoms in total. The Morgan fingerprint density at radius 3 is 2.63 bits per heavy atom. The molecule has 3 aliphatic heterocycles. The zero-order valence-electron chi connectivity index (χ0n) is 16.0. The molecule has 0 bridgehead atoms. The van der Waals surface area contributed by atoms with Crippen LogP contribution in [0.2, 0.25) is 0 Å². The molecule has 1 unspecified atom stereocenters. The summed E-state index contributed by atoms with van der Waals surface area (Å²) in [7, 11) is 0. The van der Waals surface area contributed by atoms with E-state index in [-0.39, 0.29) is 24.4 Å².